The Labute approximate surface area is 253 Å². The van der Waals surface area contributed by atoms with Gasteiger partial charge in [0.1, 0.15) is 10.9 Å². The minimum atomic E-state index is -4.20. The summed E-state index contributed by atoms with van der Waals surface area (Å²) in [5.74, 6) is -3.77. The van der Waals surface area contributed by atoms with Gasteiger partial charge in [-0.1, -0.05) is 61.0 Å². The van der Waals surface area contributed by atoms with Gasteiger partial charge in [-0.15, -0.1) is 0 Å². The number of nitrogens with one attached hydrogen (secondary N) is 2. The highest BCUT2D eigenvalue weighted by Gasteiger charge is 2.26. The van der Waals surface area contributed by atoms with E-state index in [4.69, 9.17) is 0 Å². The summed E-state index contributed by atoms with van der Waals surface area (Å²) in [4.78, 5) is 28.5. The summed E-state index contributed by atoms with van der Waals surface area (Å²) in [5, 5.41) is 12.2. The van der Waals surface area contributed by atoms with E-state index in [1.807, 2.05) is 6.92 Å². The Morgan fingerprint density at radius 2 is 1.84 bits per heavy atom. The number of thioether (sulfide) groups is 1. The number of amides is 2. The second-order valence-corrected chi connectivity index (χ2v) is 12.7. The number of carboxylic acid groups (broad SMARTS) is 1. The van der Waals surface area contributed by atoms with Gasteiger partial charge in [-0.25, -0.2) is 27.7 Å². The number of urea groups is 1. The Hall–Kier alpha value is -3.71. The van der Waals surface area contributed by atoms with E-state index in [1.165, 1.54) is 16.2 Å². The van der Waals surface area contributed by atoms with Gasteiger partial charge in [-0.3, -0.25) is 0 Å². The molecule has 2 aromatic carbocycles. The van der Waals surface area contributed by atoms with Gasteiger partial charge in [0.05, 0.1) is 4.90 Å². The second kappa shape index (κ2) is 14.6. The van der Waals surface area contributed by atoms with E-state index >= 15 is 0 Å². The number of rotatable bonds is 13. The zero-order valence-electron chi connectivity index (χ0n) is 23.7. The van der Waals surface area contributed by atoms with Crippen molar-refractivity contribution in [1.82, 2.24) is 19.6 Å². The van der Waals surface area contributed by atoms with Crippen LogP contribution in [-0.4, -0.2) is 47.4 Å². The van der Waals surface area contributed by atoms with E-state index in [1.54, 1.807) is 42.5 Å². The highest BCUT2D eigenvalue weighted by molar-refractivity contribution is 7.99. The molecule has 0 radical (unpaired) electrons. The lowest BCUT2D eigenvalue weighted by molar-refractivity contribution is 0.0681. The molecule has 0 bridgehead atoms. The van der Waals surface area contributed by atoms with Crippen molar-refractivity contribution in [3.05, 3.63) is 77.3 Å². The molecule has 0 saturated carbocycles. The minimum absolute atomic E-state index is 0.0745. The van der Waals surface area contributed by atoms with Crippen LogP contribution in [0.1, 0.15) is 67.3 Å². The molecule has 43 heavy (non-hydrogen) atoms. The average Bonchev–Trinajstić information content (AvgIpc) is 3.29. The van der Waals surface area contributed by atoms with E-state index in [-0.39, 0.29) is 33.9 Å². The van der Waals surface area contributed by atoms with E-state index in [2.05, 4.69) is 21.1 Å². The summed E-state index contributed by atoms with van der Waals surface area (Å²) in [6, 6.07) is 12.3. The van der Waals surface area contributed by atoms with Crippen LogP contribution in [0, 0.1) is 0 Å². The predicted molar refractivity (Wildman–Crippen MR) is 161 cm³/mol. The summed E-state index contributed by atoms with van der Waals surface area (Å²) in [6.07, 6.45) is 8.22. The fourth-order valence-corrected chi connectivity index (χ4v) is 6.82. The predicted octanol–water partition coefficient (Wildman–Crippen LogP) is 6.44. The number of aryl methyl sites for hydroxylation is 1. The summed E-state index contributed by atoms with van der Waals surface area (Å²) in [5.41, 5.74) is 2.57. The number of imidazole rings is 1. The van der Waals surface area contributed by atoms with Gasteiger partial charge >= 0.3 is 12.0 Å². The molecule has 2 amide bonds. The van der Waals surface area contributed by atoms with Gasteiger partial charge in [0.25, 0.3) is 15.8 Å². The van der Waals surface area contributed by atoms with Gasteiger partial charge in [0.15, 0.2) is 5.69 Å². The molecule has 1 aliphatic carbocycles. The third-order valence-electron chi connectivity index (χ3n) is 7.02. The smallest absolute Gasteiger partial charge is 0.355 e. The van der Waals surface area contributed by atoms with Crippen LogP contribution < -0.4 is 10.0 Å². The lowest BCUT2D eigenvalue weighted by Crippen LogP contribution is -2.40. The van der Waals surface area contributed by atoms with Gasteiger partial charge in [0, 0.05) is 25.1 Å². The van der Waals surface area contributed by atoms with Crippen LogP contribution in [0.4, 0.5) is 13.6 Å². The Kier molecular flexibility index (Phi) is 11.0. The normalized spacial score (nSPS) is 13.5. The number of carboxylic acids is 1. The number of aromatic nitrogens is 2. The first-order valence-corrected chi connectivity index (χ1v) is 16.4. The number of carbonyl (C=O) groups is 2. The van der Waals surface area contributed by atoms with Crippen molar-refractivity contribution in [3.63, 3.8) is 0 Å². The maximum Gasteiger partial charge on any atom is 0.355 e. The van der Waals surface area contributed by atoms with Crippen molar-refractivity contribution >= 4 is 33.8 Å². The first-order valence-electron chi connectivity index (χ1n) is 14.0. The highest BCUT2D eigenvalue weighted by atomic mass is 32.2. The molecule has 4 rings (SSSR count). The van der Waals surface area contributed by atoms with E-state index < -0.39 is 27.8 Å². The minimum Gasteiger partial charge on any atom is -0.476 e. The fourth-order valence-electron chi connectivity index (χ4n) is 5.03. The number of alkyl halides is 2. The summed E-state index contributed by atoms with van der Waals surface area (Å²) >= 11 is 0.103. The number of hydrogen-bond acceptors (Lipinski definition) is 6. The summed E-state index contributed by atoms with van der Waals surface area (Å²) in [7, 11) is -4.20. The number of sulfonamides is 1. The van der Waals surface area contributed by atoms with Crippen LogP contribution in [0.25, 0.3) is 11.1 Å². The molecular formula is C30H34F2N4O5S2. The van der Waals surface area contributed by atoms with Crippen LogP contribution in [0.3, 0.4) is 0 Å². The molecule has 3 aromatic rings. The van der Waals surface area contributed by atoms with E-state index in [0.717, 1.165) is 25.7 Å². The van der Waals surface area contributed by atoms with Crippen LogP contribution in [0.2, 0.25) is 0 Å². The van der Waals surface area contributed by atoms with Crippen LogP contribution in [0.5, 0.6) is 0 Å². The lowest BCUT2D eigenvalue weighted by Gasteiger charge is -2.15. The molecule has 0 fully saturated rings. The lowest BCUT2D eigenvalue weighted by atomic mass is 9.97. The molecule has 13 heteroatoms. The largest absolute Gasteiger partial charge is 0.476 e. The van der Waals surface area contributed by atoms with Crippen LogP contribution in [-0.2, 0) is 23.0 Å². The number of carbonyl (C=O) groups excluding carboxylic acids is 1. The molecule has 1 aliphatic rings. The van der Waals surface area contributed by atoms with Gasteiger partial charge in [-0.05, 0) is 67.5 Å². The average molecular weight is 633 g/mol. The third-order valence-corrected chi connectivity index (χ3v) is 9.09. The van der Waals surface area contributed by atoms with Crippen molar-refractivity contribution in [1.29, 1.82) is 0 Å². The van der Waals surface area contributed by atoms with Gasteiger partial charge in [-0.2, -0.15) is 8.78 Å². The molecule has 0 spiro atoms. The second-order valence-electron chi connectivity index (χ2n) is 10.1. The quantitative estimate of drug-likeness (QED) is 0.146. The van der Waals surface area contributed by atoms with Crippen molar-refractivity contribution in [2.75, 3.05) is 6.54 Å². The first-order chi connectivity index (χ1) is 20.6. The van der Waals surface area contributed by atoms with Crippen LogP contribution >= 0.6 is 11.8 Å². The molecule has 0 unspecified atom stereocenters. The molecule has 3 N–H and O–H groups in total. The number of hydrogen-bond donors (Lipinski definition) is 3. The number of benzene rings is 2. The van der Waals surface area contributed by atoms with Crippen molar-refractivity contribution in [2.45, 2.75) is 74.1 Å². The molecule has 1 heterocycles. The van der Waals surface area contributed by atoms with E-state index in [0.29, 0.717) is 48.3 Å². The molecule has 1 aromatic heterocycles. The first kappa shape index (κ1) is 32.2. The summed E-state index contributed by atoms with van der Waals surface area (Å²) in [6.45, 7) is 2.29. The Bertz CT molecular complexity index is 1590. The standard InChI is InChI=1S/C30H34F2N4O5S2/c1-2-8-25-34-27(42-29(31)32)26(28(37)38)36(25)19-21-13-15-22(16-14-21)23-11-6-7-12-24(23)43(40,41)35-30(39)33-18-17-20-9-4-3-5-10-20/h6-7,9,11-16,29H,2-5,8,10,17-19H2,1H3,(H,37,38)(H2,33,35,39). The Morgan fingerprint density at radius 1 is 1.09 bits per heavy atom. The Balaban J connectivity index is 1.51. The number of halogens is 2. The maximum absolute atomic E-state index is 13.2. The zero-order valence-corrected chi connectivity index (χ0v) is 25.3. The highest BCUT2D eigenvalue weighted by Crippen LogP contribution is 2.31. The van der Waals surface area contributed by atoms with Crippen molar-refractivity contribution < 1.29 is 31.9 Å². The van der Waals surface area contributed by atoms with Gasteiger partial charge in [0.2, 0.25) is 0 Å². The topological polar surface area (TPSA) is 130 Å². The monoisotopic (exact) mass is 632 g/mol. The molecule has 0 atom stereocenters. The number of nitrogens with zero attached hydrogens (tertiary/aromatic N) is 2. The molecule has 0 saturated heterocycles. The fraction of sp³-hybridized carbons (Fsp3) is 0.367. The SMILES string of the molecule is CCCc1nc(SC(F)F)c(C(=O)O)n1Cc1ccc(-c2ccccc2S(=O)(=O)NC(=O)NCCC2=CCCCC2)cc1. The summed E-state index contributed by atoms with van der Waals surface area (Å²) < 4.78 is 56.1. The molecule has 0 aliphatic heterocycles. The number of allylic oxidation sites excluding steroid dienone is 1. The molecule has 230 valence electrons. The van der Waals surface area contributed by atoms with Crippen LogP contribution in [0.15, 0.2) is 70.1 Å². The Morgan fingerprint density at radius 3 is 2.49 bits per heavy atom. The maximum atomic E-state index is 13.2. The third kappa shape index (κ3) is 8.44. The van der Waals surface area contributed by atoms with Crippen molar-refractivity contribution in [2.24, 2.45) is 0 Å². The molecular weight excluding hydrogens is 598 g/mol. The number of aromatic carboxylic acids is 1. The van der Waals surface area contributed by atoms with Gasteiger partial charge < -0.3 is 15.0 Å². The zero-order chi connectivity index (χ0) is 31.0. The van der Waals surface area contributed by atoms with Crippen molar-refractivity contribution in [3.8, 4) is 11.1 Å². The van der Waals surface area contributed by atoms with E-state index in [9.17, 15) is 31.9 Å². The molecule has 9 nitrogen and oxygen atoms in total.